The van der Waals surface area contributed by atoms with E-state index in [1.54, 1.807) is 0 Å². The molecule has 1 aliphatic carbocycles. The van der Waals surface area contributed by atoms with Crippen LogP contribution in [0.2, 0.25) is 0 Å². The van der Waals surface area contributed by atoms with Gasteiger partial charge in [-0.15, -0.1) is 0 Å². The largest absolute Gasteiger partial charge is 0.326 e. The van der Waals surface area contributed by atoms with Gasteiger partial charge in [0.05, 0.1) is 12.7 Å². The molecule has 1 amide bonds. The van der Waals surface area contributed by atoms with Crippen molar-refractivity contribution >= 4 is 5.91 Å². The van der Waals surface area contributed by atoms with Crippen molar-refractivity contribution in [1.82, 2.24) is 10.2 Å². The van der Waals surface area contributed by atoms with Crippen LogP contribution in [0.4, 0.5) is 0 Å². The second kappa shape index (κ2) is 3.66. The quantitative estimate of drug-likeness (QED) is 0.693. The van der Waals surface area contributed by atoms with E-state index in [9.17, 15) is 4.79 Å². The van der Waals surface area contributed by atoms with Gasteiger partial charge in [-0.2, -0.15) is 0 Å². The molecule has 1 heterocycles. The first kappa shape index (κ1) is 9.00. The first-order valence-electron chi connectivity index (χ1n) is 5.36. The molecule has 13 heavy (non-hydrogen) atoms. The van der Waals surface area contributed by atoms with E-state index >= 15 is 0 Å². The van der Waals surface area contributed by atoms with Gasteiger partial charge < -0.3 is 4.90 Å². The normalized spacial score (nSPS) is 30.4. The zero-order valence-corrected chi connectivity index (χ0v) is 8.25. The molecule has 0 radical (unpaired) electrons. The van der Waals surface area contributed by atoms with E-state index in [-0.39, 0.29) is 6.04 Å². The van der Waals surface area contributed by atoms with Crippen molar-refractivity contribution in [3.05, 3.63) is 0 Å². The van der Waals surface area contributed by atoms with Crippen LogP contribution in [0, 0.1) is 0 Å². The maximum atomic E-state index is 11.8. The van der Waals surface area contributed by atoms with Gasteiger partial charge in [-0.25, -0.2) is 0 Å². The third kappa shape index (κ3) is 1.57. The number of hydrogen-bond donors (Lipinski definition) is 1. The second-order valence-electron chi connectivity index (χ2n) is 4.07. The fourth-order valence-corrected chi connectivity index (χ4v) is 2.42. The Kier molecular flexibility index (Phi) is 2.54. The van der Waals surface area contributed by atoms with Gasteiger partial charge in [-0.3, -0.25) is 10.1 Å². The van der Waals surface area contributed by atoms with Crippen LogP contribution in [0.15, 0.2) is 0 Å². The van der Waals surface area contributed by atoms with Gasteiger partial charge in [-0.05, 0) is 19.3 Å². The Bertz CT molecular complexity index is 199. The van der Waals surface area contributed by atoms with Gasteiger partial charge in [0.25, 0.3) is 0 Å². The summed E-state index contributed by atoms with van der Waals surface area (Å²) < 4.78 is 0. The summed E-state index contributed by atoms with van der Waals surface area (Å²) in [5, 5.41) is 3.26. The molecular formula is C10H18N2O. The molecule has 0 spiro atoms. The highest BCUT2D eigenvalue weighted by molar-refractivity contribution is 5.84. The predicted molar refractivity (Wildman–Crippen MR) is 51.2 cm³/mol. The average Bonchev–Trinajstić information content (AvgIpc) is 2.72. The van der Waals surface area contributed by atoms with Gasteiger partial charge in [0.1, 0.15) is 0 Å². The summed E-state index contributed by atoms with van der Waals surface area (Å²) in [6, 6.07) is 0.636. The summed E-state index contributed by atoms with van der Waals surface area (Å²) in [6.45, 7) is 2.84. The van der Waals surface area contributed by atoms with Crippen LogP contribution in [0.1, 0.15) is 39.0 Å². The van der Waals surface area contributed by atoms with Gasteiger partial charge in [0, 0.05) is 6.04 Å². The van der Waals surface area contributed by atoms with Crippen LogP contribution in [-0.2, 0) is 4.79 Å². The van der Waals surface area contributed by atoms with Gasteiger partial charge >= 0.3 is 0 Å². The molecule has 1 saturated heterocycles. The molecule has 1 N–H and O–H groups in total. The van der Waals surface area contributed by atoms with Crippen LogP contribution >= 0.6 is 0 Å². The standard InChI is InChI=1S/C10H18N2O/c1-2-9-10(13)12(7-11-9)8-5-3-4-6-8/h8-9,11H,2-7H2,1H3. The van der Waals surface area contributed by atoms with Crippen LogP contribution < -0.4 is 5.32 Å². The number of rotatable bonds is 2. The number of carbonyl (C=O) groups excluding carboxylic acids is 1. The highest BCUT2D eigenvalue weighted by atomic mass is 16.2. The molecule has 2 fully saturated rings. The van der Waals surface area contributed by atoms with Crippen LogP contribution in [0.3, 0.4) is 0 Å². The van der Waals surface area contributed by atoms with Gasteiger partial charge in [-0.1, -0.05) is 19.8 Å². The van der Waals surface area contributed by atoms with Crippen molar-refractivity contribution in [3.63, 3.8) is 0 Å². The highest BCUT2D eigenvalue weighted by Crippen LogP contribution is 2.25. The Morgan fingerprint density at radius 1 is 1.46 bits per heavy atom. The van der Waals surface area contributed by atoms with Crippen molar-refractivity contribution in [2.75, 3.05) is 6.67 Å². The van der Waals surface area contributed by atoms with E-state index < -0.39 is 0 Å². The Morgan fingerprint density at radius 2 is 2.15 bits per heavy atom. The fraction of sp³-hybridized carbons (Fsp3) is 0.900. The molecule has 1 aliphatic heterocycles. The lowest BCUT2D eigenvalue weighted by atomic mass is 10.2. The van der Waals surface area contributed by atoms with E-state index in [0.29, 0.717) is 11.9 Å². The molecule has 3 heteroatoms. The minimum absolute atomic E-state index is 0.0978. The van der Waals surface area contributed by atoms with E-state index in [0.717, 1.165) is 13.1 Å². The van der Waals surface area contributed by atoms with Crippen molar-refractivity contribution < 1.29 is 4.79 Å². The smallest absolute Gasteiger partial charge is 0.241 e. The summed E-state index contributed by atoms with van der Waals surface area (Å²) in [6.07, 6.45) is 5.94. The van der Waals surface area contributed by atoms with E-state index in [2.05, 4.69) is 12.2 Å². The average molecular weight is 182 g/mol. The van der Waals surface area contributed by atoms with Gasteiger partial charge in [0.2, 0.25) is 5.91 Å². The molecule has 0 aromatic rings. The van der Waals surface area contributed by atoms with Crippen molar-refractivity contribution in [2.45, 2.75) is 51.1 Å². The number of nitrogens with one attached hydrogen (secondary N) is 1. The van der Waals surface area contributed by atoms with Crippen molar-refractivity contribution in [3.8, 4) is 0 Å². The monoisotopic (exact) mass is 182 g/mol. The summed E-state index contributed by atoms with van der Waals surface area (Å²) in [5.74, 6) is 0.328. The number of amides is 1. The van der Waals surface area contributed by atoms with Crippen LogP contribution in [0.5, 0.6) is 0 Å². The maximum absolute atomic E-state index is 11.8. The third-order valence-electron chi connectivity index (χ3n) is 3.26. The summed E-state index contributed by atoms with van der Waals surface area (Å²) in [4.78, 5) is 13.8. The summed E-state index contributed by atoms with van der Waals surface area (Å²) in [5.41, 5.74) is 0. The number of nitrogens with zero attached hydrogens (tertiary/aromatic N) is 1. The zero-order valence-electron chi connectivity index (χ0n) is 8.25. The van der Waals surface area contributed by atoms with E-state index in [4.69, 9.17) is 0 Å². The maximum Gasteiger partial charge on any atom is 0.241 e. The fourth-order valence-electron chi connectivity index (χ4n) is 2.42. The van der Waals surface area contributed by atoms with Crippen molar-refractivity contribution in [2.24, 2.45) is 0 Å². The second-order valence-corrected chi connectivity index (χ2v) is 4.07. The van der Waals surface area contributed by atoms with Gasteiger partial charge in [0.15, 0.2) is 0 Å². The number of hydrogen-bond acceptors (Lipinski definition) is 2. The Labute approximate surface area is 79.5 Å². The topological polar surface area (TPSA) is 32.3 Å². The predicted octanol–water partition coefficient (Wildman–Crippen LogP) is 1.10. The zero-order chi connectivity index (χ0) is 9.26. The minimum Gasteiger partial charge on any atom is -0.326 e. The van der Waals surface area contributed by atoms with Crippen LogP contribution in [0.25, 0.3) is 0 Å². The molecule has 74 valence electrons. The molecule has 0 aromatic heterocycles. The lowest BCUT2D eigenvalue weighted by molar-refractivity contribution is -0.130. The molecule has 3 nitrogen and oxygen atoms in total. The number of carbonyl (C=O) groups is 1. The Balaban J connectivity index is 1.97. The lowest BCUT2D eigenvalue weighted by Crippen LogP contribution is -2.36. The molecule has 2 aliphatic rings. The summed E-state index contributed by atoms with van der Waals surface area (Å²) >= 11 is 0. The van der Waals surface area contributed by atoms with E-state index in [1.807, 2.05) is 4.90 Å². The molecule has 1 atom stereocenters. The summed E-state index contributed by atoms with van der Waals surface area (Å²) in [7, 11) is 0. The first-order valence-corrected chi connectivity index (χ1v) is 5.36. The first-order chi connectivity index (χ1) is 6.33. The molecule has 1 unspecified atom stereocenters. The molecule has 2 rings (SSSR count). The van der Waals surface area contributed by atoms with Crippen molar-refractivity contribution in [1.29, 1.82) is 0 Å². The third-order valence-corrected chi connectivity index (χ3v) is 3.26. The SMILES string of the molecule is CCC1NCN(C2CCCC2)C1=O. The minimum atomic E-state index is 0.0978. The van der Waals surface area contributed by atoms with E-state index in [1.165, 1.54) is 25.7 Å². The Morgan fingerprint density at radius 3 is 2.69 bits per heavy atom. The Hall–Kier alpha value is -0.570. The van der Waals surface area contributed by atoms with Crippen LogP contribution in [-0.4, -0.2) is 29.6 Å². The highest BCUT2D eigenvalue weighted by Gasteiger charge is 2.35. The molecular weight excluding hydrogens is 164 g/mol. The molecule has 0 aromatic carbocycles. The molecule has 1 saturated carbocycles. The molecule has 0 bridgehead atoms. The lowest BCUT2D eigenvalue weighted by Gasteiger charge is -2.22.